The maximum Gasteiger partial charge on any atom is 0.219 e. The zero-order chi connectivity index (χ0) is 11.4. The molecule has 0 bridgehead atoms. The van der Waals surface area contributed by atoms with Crippen LogP contribution in [0.4, 0.5) is 5.69 Å². The molecule has 0 heterocycles. The summed E-state index contributed by atoms with van der Waals surface area (Å²) in [7, 11) is 0. The Morgan fingerprint density at radius 1 is 1.60 bits per heavy atom. The Kier molecular flexibility index (Phi) is 3.97. The van der Waals surface area contributed by atoms with Gasteiger partial charge in [0.15, 0.2) is 0 Å². The third kappa shape index (κ3) is 3.80. The van der Waals surface area contributed by atoms with Gasteiger partial charge in [0.25, 0.3) is 0 Å². The molecule has 3 N–H and O–H groups in total. The number of rotatable bonds is 4. The zero-order valence-electron chi connectivity index (χ0n) is 8.88. The van der Waals surface area contributed by atoms with Crippen molar-refractivity contribution in [3.8, 4) is 0 Å². The monoisotopic (exact) mass is 226 g/mol. The Morgan fingerprint density at radius 2 is 2.27 bits per heavy atom. The van der Waals surface area contributed by atoms with Gasteiger partial charge in [-0.15, -0.1) is 0 Å². The van der Waals surface area contributed by atoms with Crippen molar-refractivity contribution in [2.24, 2.45) is 5.73 Å². The van der Waals surface area contributed by atoms with Crippen LogP contribution in [0.1, 0.15) is 18.9 Å². The maximum atomic E-state index is 10.7. The summed E-state index contributed by atoms with van der Waals surface area (Å²) in [5.41, 5.74) is 7.03. The van der Waals surface area contributed by atoms with Gasteiger partial charge in [0.05, 0.1) is 10.7 Å². The number of hydrogen-bond acceptors (Lipinski definition) is 2. The average Bonchev–Trinajstić information content (AvgIpc) is 2.08. The Morgan fingerprint density at radius 3 is 2.80 bits per heavy atom. The number of carbonyl (C=O) groups excluding carboxylic acids is 1. The Balaban J connectivity index is 2.68. The van der Waals surface area contributed by atoms with E-state index in [1.54, 1.807) is 0 Å². The Bertz CT molecular complexity index is 366. The zero-order valence-corrected chi connectivity index (χ0v) is 9.64. The van der Waals surface area contributed by atoms with Crippen LogP contribution in [0.5, 0.6) is 0 Å². The van der Waals surface area contributed by atoms with Crippen molar-refractivity contribution in [2.45, 2.75) is 26.3 Å². The number of anilines is 1. The summed E-state index contributed by atoms with van der Waals surface area (Å²) in [5.74, 6) is -0.321. The standard InChI is InChI=1S/C11H15ClN2O/c1-7-3-4-10(9(12)5-7)14-8(2)6-11(13)15/h3-5,8,14H,6H2,1-2H3,(H2,13,15). The lowest BCUT2D eigenvalue weighted by Crippen LogP contribution is -2.24. The number of benzene rings is 1. The molecule has 15 heavy (non-hydrogen) atoms. The SMILES string of the molecule is Cc1ccc(NC(C)CC(N)=O)c(Cl)c1. The van der Waals surface area contributed by atoms with E-state index in [1.165, 1.54) is 0 Å². The molecule has 1 atom stereocenters. The van der Waals surface area contributed by atoms with Crippen LogP contribution in [-0.4, -0.2) is 11.9 Å². The predicted octanol–water partition coefficient (Wildman–Crippen LogP) is 2.32. The minimum Gasteiger partial charge on any atom is -0.381 e. The average molecular weight is 227 g/mol. The minimum absolute atomic E-state index is 0.0114. The highest BCUT2D eigenvalue weighted by Gasteiger charge is 2.07. The van der Waals surface area contributed by atoms with Crippen LogP contribution < -0.4 is 11.1 Å². The lowest BCUT2D eigenvalue weighted by Gasteiger charge is -2.14. The van der Waals surface area contributed by atoms with Gasteiger partial charge in [0.2, 0.25) is 5.91 Å². The quantitative estimate of drug-likeness (QED) is 0.828. The highest BCUT2D eigenvalue weighted by atomic mass is 35.5. The molecule has 1 unspecified atom stereocenters. The van der Waals surface area contributed by atoms with Crippen molar-refractivity contribution in [2.75, 3.05) is 5.32 Å². The van der Waals surface area contributed by atoms with Crippen LogP contribution in [0.25, 0.3) is 0 Å². The molecule has 0 spiro atoms. The van der Waals surface area contributed by atoms with E-state index in [2.05, 4.69) is 5.32 Å². The van der Waals surface area contributed by atoms with Crippen molar-refractivity contribution in [1.29, 1.82) is 0 Å². The van der Waals surface area contributed by atoms with E-state index >= 15 is 0 Å². The first-order chi connectivity index (χ1) is 6.99. The number of hydrogen-bond donors (Lipinski definition) is 2. The second kappa shape index (κ2) is 5.03. The topological polar surface area (TPSA) is 55.1 Å². The van der Waals surface area contributed by atoms with Crippen molar-refractivity contribution in [1.82, 2.24) is 0 Å². The molecule has 0 aromatic heterocycles. The van der Waals surface area contributed by atoms with Crippen molar-refractivity contribution in [3.05, 3.63) is 28.8 Å². The van der Waals surface area contributed by atoms with Crippen molar-refractivity contribution >= 4 is 23.2 Å². The lowest BCUT2D eigenvalue weighted by atomic mass is 10.2. The van der Waals surface area contributed by atoms with E-state index in [-0.39, 0.29) is 11.9 Å². The van der Waals surface area contributed by atoms with Crippen molar-refractivity contribution < 1.29 is 4.79 Å². The summed E-state index contributed by atoms with van der Waals surface area (Å²) in [4.78, 5) is 10.7. The fourth-order valence-electron chi connectivity index (χ4n) is 1.36. The van der Waals surface area contributed by atoms with Crippen LogP contribution in [0.3, 0.4) is 0 Å². The van der Waals surface area contributed by atoms with Crippen LogP contribution in [-0.2, 0) is 4.79 Å². The molecule has 0 aliphatic heterocycles. The molecule has 0 saturated carbocycles. The number of nitrogens with two attached hydrogens (primary N) is 1. The van der Waals surface area contributed by atoms with Gasteiger partial charge in [-0.2, -0.15) is 0 Å². The number of amides is 1. The molecule has 1 rings (SSSR count). The van der Waals surface area contributed by atoms with Crippen LogP contribution in [0.2, 0.25) is 5.02 Å². The number of primary amides is 1. The normalized spacial score (nSPS) is 12.2. The molecule has 0 fully saturated rings. The van der Waals surface area contributed by atoms with Gasteiger partial charge in [0.1, 0.15) is 0 Å². The van der Waals surface area contributed by atoms with Gasteiger partial charge in [0, 0.05) is 12.5 Å². The summed E-state index contributed by atoms with van der Waals surface area (Å²) in [6.07, 6.45) is 0.296. The molecule has 0 aliphatic rings. The number of carbonyl (C=O) groups is 1. The smallest absolute Gasteiger partial charge is 0.219 e. The number of halogens is 1. The third-order valence-corrected chi connectivity index (χ3v) is 2.35. The van der Waals surface area contributed by atoms with E-state index < -0.39 is 0 Å². The molecule has 4 heteroatoms. The van der Waals surface area contributed by atoms with Gasteiger partial charge in [-0.25, -0.2) is 0 Å². The summed E-state index contributed by atoms with van der Waals surface area (Å²) in [6, 6.07) is 5.73. The number of nitrogens with one attached hydrogen (secondary N) is 1. The number of aryl methyl sites for hydroxylation is 1. The van der Waals surface area contributed by atoms with E-state index in [0.717, 1.165) is 11.3 Å². The largest absolute Gasteiger partial charge is 0.381 e. The molecule has 3 nitrogen and oxygen atoms in total. The molecule has 1 aromatic rings. The highest BCUT2D eigenvalue weighted by molar-refractivity contribution is 6.33. The summed E-state index contributed by atoms with van der Waals surface area (Å²) >= 11 is 6.03. The molecular weight excluding hydrogens is 212 g/mol. The molecule has 82 valence electrons. The predicted molar refractivity (Wildman–Crippen MR) is 63.1 cm³/mol. The van der Waals surface area contributed by atoms with E-state index in [1.807, 2.05) is 32.0 Å². The first-order valence-electron chi connectivity index (χ1n) is 4.80. The molecule has 0 saturated heterocycles. The molecule has 1 amide bonds. The maximum absolute atomic E-state index is 10.7. The van der Waals surface area contributed by atoms with Crippen molar-refractivity contribution in [3.63, 3.8) is 0 Å². The molecule has 0 radical (unpaired) electrons. The molecule has 1 aromatic carbocycles. The minimum atomic E-state index is -0.321. The fourth-order valence-corrected chi connectivity index (χ4v) is 1.65. The molecular formula is C11H15ClN2O. The van der Waals surface area contributed by atoms with Crippen LogP contribution >= 0.6 is 11.6 Å². The second-order valence-electron chi connectivity index (χ2n) is 3.70. The van der Waals surface area contributed by atoms with Gasteiger partial charge < -0.3 is 11.1 Å². The van der Waals surface area contributed by atoms with Gasteiger partial charge in [-0.1, -0.05) is 17.7 Å². The Labute approximate surface area is 94.6 Å². The van der Waals surface area contributed by atoms with E-state index in [9.17, 15) is 4.79 Å². The first kappa shape index (κ1) is 11.9. The summed E-state index contributed by atoms with van der Waals surface area (Å²) in [6.45, 7) is 3.86. The molecule has 0 aliphatic carbocycles. The van der Waals surface area contributed by atoms with E-state index in [4.69, 9.17) is 17.3 Å². The highest BCUT2D eigenvalue weighted by Crippen LogP contribution is 2.23. The van der Waals surface area contributed by atoms with Gasteiger partial charge in [-0.05, 0) is 31.5 Å². The van der Waals surface area contributed by atoms with Gasteiger partial charge >= 0.3 is 0 Å². The van der Waals surface area contributed by atoms with Gasteiger partial charge in [-0.3, -0.25) is 4.79 Å². The second-order valence-corrected chi connectivity index (χ2v) is 4.11. The van der Waals surface area contributed by atoms with Crippen LogP contribution in [0.15, 0.2) is 18.2 Å². The van der Waals surface area contributed by atoms with Crippen LogP contribution in [0, 0.1) is 6.92 Å². The first-order valence-corrected chi connectivity index (χ1v) is 5.18. The summed E-state index contributed by atoms with van der Waals surface area (Å²) in [5, 5.41) is 3.79. The fraction of sp³-hybridized carbons (Fsp3) is 0.364. The summed E-state index contributed by atoms with van der Waals surface area (Å²) < 4.78 is 0. The lowest BCUT2D eigenvalue weighted by molar-refractivity contribution is -0.118. The Hall–Kier alpha value is -1.22. The van der Waals surface area contributed by atoms with E-state index in [0.29, 0.717) is 11.4 Å². The third-order valence-electron chi connectivity index (χ3n) is 2.03.